The number of piperazine rings is 1. The van der Waals surface area contributed by atoms with Crippen LogP contribution in [0.25, 0.3) is 23.3 Å². The highest BCUT2D eigenvalue weighted by Crippen LogP contribution is 2.26. The first kappa shape index (κ1) is 22.5. The maximum absolute atomic E-state index is 13.4. The maximum Gasteiger partial charge on any atom is 0.153 e. The Morgan fingerprint density at radius 1 is 0.857 bits per heavy atom. The van der Waals surface area contributed by atoms with Gasteiger partial charge < -0.3 is 0 Å². The molecule has 0 amide bonds. The van der Waals surface area contributed by atoms with Crippen LogP contribution in [-0.2, 0) is 17.6 Å². The van der Waals surface area contributed by atoms with Crippen molar-refractivity contribution in [2.24, 2.45) is 5.92 Å². The van der Waals surface area contributed by atoms with E-state index >= 15 is 0 Å². The maximum atomic E-state index is 13.4. The van der Waals surface area contributed by atoms with Gasteiger partial charge in [-0.2, -0.15) is 0 Å². The van der Waals surface area contributed by atoms with E-state index in [0.29, 0.717) is 18.4 Å². The van der Waals surface area contributed by atoms with Crippen LogP contribution < -0.4 is 10.4 Å². The smallest absolute Gasteiger partial charge is 0.153 e. The highest BCUT2D eigenvalue weighted by atomic mass is 16.1. The van der Waals surface area contributed by atoms with Gasteiger partial charge in [0.05, 0.1) is 6.54 Å². The molecule has 0 saturated carbocycles. The Morgan fingerprint density at radius 3 is 2.46 bits per heavy atom. The summed E-state index contributed by atoms with van der Waals surface area (Å²) in [4.78, 5) is 18.3. The SMILES string of the molecule is CC(c1ccccc1)N1CCN(CC(=O)C2C=c3c(ccc4c3=CCc3ccccc3-4)CC2)CC1. The number of carbonyl (C=O) groups is 1. The molecule has 3 aromatic rings. The molecule has 3 nitrogen and oxygen atoms in total. The standard InChI is InChI=1S/C32H34N2O/c1-23(24-7-3-2-4-8-24)34-19-17-33(18-20-34)22-32(35)27-12-11-26-14-15-29-28-10-6-5-9-25(28)13-16-30(29)31(26)21-27/h2-10,14-16,21,23,27H,11-13,17-20,22H2,1H3. The van der Waals surface area contributed by atoms with Gasteiger partial charge >= 0.3 is 0 Å². The molecular weight excluding hydrogens is 428 g/mol. The fourth-order valence-corrected chi connectivity index (χ4v) is 6.16. The molecule has 35 heavy (non-hydrogen) atoms. The number of aryl methyl sites for hydroxylation is 1. The second kappa shape index (κ2) is 9.56. The summed E-state index contributed by atoms with van der Waals surface area (Å²) in [6.07, 6.45) is 7.56. The third kappa shape index (κ3) is 4.39. The van der Waals surface area contributed by atoms with E-state index in [2.05, 4.69) is 95.6 Å². The van der Waals surface area contributed by atoms with Crippen molar-refractivity contribution in [3.63, 3.8) is 0 Å². The molecule has 0 aromatic heterocycles. The molecule has 1 fully saturated rings. The molecule has 2 unspecified atom stereocenters. The van der Waals surface area contributed by atoms with Crippen molar-refractivity contribution >= 4 is 17.9 Å². The van der Waals surface area contributed by atoms with Gasteiger partial charge in [0, 0.05) is 38.1 Å². The quantitative estimate of drug-likeness (QED) is 0.573. The molecule has 1 saturated heterocycles. The number of hydrogen-bond acceptors (Lipinski definition) is 3. The predicted octanol–water partition coefficient (Wildman–Crippen LogP) is 3.98. The lowest BCUT2D eigenvalue weighted by Gasteiger charge is -2.38. The van der Waals surface area contributed by atoms with Crippen molar-refractivity contribution in [2.45, 2.75) is 32.2 Å². The minimum absolute atomic E-state index is 0.0286. The molecular formula is C32H34N2O. The van der Waals surface area contributed by atoms with Crippen LogP contribution in [0.2, 0.25) is 0 Å². The molecule has 2 atom stereocenters. The molecule has 1 heterocycles. The number of hydrogen-bond donors (Lipinski definition) is 0. The first-order valence-corrected chi connectivity index (χ1v) is 13.1. The molecule has 3 aromatic carbocycles. The van der Waals surface area contributed by atoms with Gasteiger partial charge in [0.25, 0.3) is 0 Å². The zero-order chi connectivity index (χ0) is 23.8. The van der Waals surface area contributed by atoms with E-state index in [4.69, 9.17) is 0 Å². The number of benzene rings is 3. The van der Waals surface area contributed by atoms with Crippen molar-refractivity contribution in [1.82, 2.24) is 9.80 Å². The topological polar surface area (TPSA) is 23.6 Å². The Morgan fingerprint density at radius 2 is 1.63 bits per heavy atom. The van der Waals surface area contributed by atoms with Crippen molar-refractivity contribution < 1.29 is 4.79 Å². The zero-order valence-electron chi connectivity index (χ0n) is 20.6. The van der Waals surface area contributed by atoms with E-state index in [1.165, 1.54) is 38.3 Å². The summed E-state index contributed by atoms with van der Waals surface area (Å²) in [6.45, 7) is 6.83. The second-order valence-electron chi connectivity index (χ2n) is 10.3. The first-order chi connectivity index (χ1) is 17.2. The molecule has 1 aliphatic heterocycles. The molecule has 0 N–H and O–H groups in total. The van der Waals surface area contributed by atoms with Crippen LogP contribution in [0.3, 0.4) is 0 Å². The van der Waals surface area contributed by atoms with Crippen molar-refractivity contribution in [3.05, 3.63) is 93.9 Å². The summed E-state index contributed by atoms with van der Waals surface area (Å²) in [6, 6.07) is 24.4. The molecule has 0 radical (unpaired) electrons. The predicted molar refractivity (Wildman–Crippen MR) is 143 cm³/mol. The van der Waals surface area contributed by atoms with Gasteiger partial charge in [-0.15, -0.1) is 0 Å². The fraction of sp³-hybridized carbons (Fsp3) is 0.344. The Bertz CT molecular complexity index is 1350. The highest BCUT2D eigenvalue weighted by molar-refractivity contribution is 5.88. The van der Waals surface area contributed by atoms with E-state index in [9.17, 15) is 4.79 Å². The van der Waals surface area contributed by atoms with Crippen LogP contribution in [0.4, 0.5) is 0 Å². The van der Waals surface area contributed by atoms with Gasteiger partial charge in [-0.25, -0.2) is 0 Å². The number of ketones is 1. The number of fused-ring (bicyclic) bond motifs is 5. The molecule has 0 bridgehead atoms. The lowest BCUT2D eigenvalue weighted by molar-refractivity contribution is -0.122. The largest absolute Gasteiger partial charge is 0.298 e. The average molecular weight is 463 g/mol. The van der Waals surface area contributed by atoms with Crippen LogP contribution >= 0.6 is 0 Å². The van der Waals surface area contributed by atoms with Crippen LogP contribution in [0, 0.1) is 5.92 Å². The van der Waals surface area contributed by atoms with Gasteiger partial charge in [0.15, 0.2) is 5.78 Å². The molecule has 178 valence electrons. The molecule has 2 aliphatic carbocycles. The Hall–Kier alpha value is -3.01. The molecule has 3 aliphatic rings. The average Bonchev–Trinajstić information content (AvgIpc) is 2.93. The third-order valence-corrected chi connectivity index (χ3v) is 8.33. The van der Waals surface area contributed by atoms with Gasteiger partial charge in [0.1, 0.15) is 0 Å². The van der Waals surface area contributed by atoms with E-state index in [-0.39, 0.29) is 5.92 Å². The molecule has 0 spiro atoms. The number of carbonyl (C=O) groups excluding carboxylic acids is 1. The lowest BCUT2D eigenvalue weighted by Crippen LogP contribution is -2.49. The summed E-state index contributed by atoms with van der Waals surface area (Å²) in [7, 11) is 0. The number of rotatable bonds is 5. The Balaban J connectivity index is 1.15. The summed E-state index contributed by atoms with van der Waals surface area (Å²) < 4.78 is 0. The van der Waals surface area contributed by atoms with Gasteiger partial charge in [-0.3, -0.25) is 14.6 Å². The van der Waals surface area contributed by atoms with E-state index in [1.807, 2.05) is 0 Å². The number of nitrogens with zero attached hydrogens (tertiary/aromatic N) is 2. The normalized spacial score (nSPS) is 20.5. The molecule has 6 rings (SSSR count). The van der Waals surface area contributed by atoms with Gasteiger partial charge in [-0.05, 0) is 64.4 Å². The van der Waals surface area contributed by atoms with Crippen LogP contribution in [0.5, 0.6) is 0 Å². The van der Waals surface area contributed by atoms with Crippen LogP contribution in [-0.4, -0.2) is 48.3 Å². The van der Waals surface area contributed by atoms with Crippen LogP contribution in [0.15, 0.2) is 66.7 Å². The number of Topliss-reactive ketones (excluding diaryl/α,β-unsaturated/α-hetero) is 1. The van der Waals surface area contributed by atoms with E-state index < -0.39 is 0 Å². The highest BCUT2D eigenvalue weighted by Gasteiger charge is 2.27. The Labute approximate surface area is 208 Å². The van der Waals surface area contributed by atoms with Crippen molar-refractivity contribution in [1.29, 1.82) is 0 Å². The first-order valence-electron chi connectivity index (χ1n) is 13.1. The van der Waals surface area contributed by atoms with E-state index in [0.717, 1.165) is 45.4 Å². The Kier molecular flexibility index (Phi) is 6.13. The second-order valence-corrected chi connectivity index (χ2v) is 10.3. The fourth-order valence-electron chi connectivity index (χ4n) is 6.16. The van der Waals surface area contributed by atoms with E-state index in [1.54, 1.807) is 0 Å². The van der Waals surface area contributed by atoms with Crippen molar-refractivity contribution in [3.8, 4) is 11.1 Å². The zero-order valence-corrected chi connectivity index (χ0v) is 20.6. The summed E-state index contributed by atoms with van der Waals surface area (Å²) in [5.74, 6) is 0.412. The van der Waals surface area contributed by atoms with Gasteiger partial charge in [-0.1, -0.05) is 78.9 Å². The lowest BCUT2D eigenvalue weighted by atomic mass is 9.83. The summed E-state index contributed by atoms with van der Waals surface area (Å²) in [5, 5.41) is 2.64. The minimum atomic E-state index is 0.0286. The third-order valence-electron chi connectivity index (χ3n) is 8.33. The van der Waals surface area contributed by atoms with Crippen LogP contribution in [0.1, 0.15) is 36.1 Å². The monoisotopic (exact) mass is 462 g/mol. The van der Waals surface area contributed by atoms with Gasteiger partial charge in [0.2, 0.25) is 0 Å². The van der Waals surface area contributed by atoms with Crippen molar-refractivity contribution in [2.75, 3.05) is 32.7 Å². The summed E-state index contributed by atoms with van der Waals surface area (Å²) >= 11 is 0. The minimum Gasteiger partial charge on any atom is -0.298 e. The summed E-state index contributed by atoms with van der Waals surface area (Å²) in [5.41, 5.74) is 6.82. The molecule has 3 heteroatoms.